The van der Waals surface area contributed by atoms with E-state index in [2.05, 4.69) is 27.5 Å². The van der Waals surface area contributed by atoms with E-state index in [1.807, 2.05) is 25.1 Å². The van der Waals surface area contributed by atoms with Gasteiger partial charge in [-0.1, -0.05) is 18.5 Å². The topological polar surface area (TPSA) is 59.1 Å². The van der Waals surface area contributed by atoms with Gasteiger partial charge in [-0.3, -0.25) is 0 Å². The Kier molecular flexibility index (Phi) is 5.22. The van der Waals surface area contributed by atoms with Gasteiger partial charge in [0.2, 0.25) is 0 Å². The molecule has 6 heteroatoms. The number of methoxy groups -OCH3 is 1. The molecule has 112 valence electrons. The summed E-state index contributed by atoms with van der Waals surface area (Å²) in [6.07, 6.45) is 1.04. The lowest BCUT2D eigenvalue weighted by atomic mass is 10.3. The molecule has 0 fully saturated rings. The van der Waals surface area contributed by atoms with Gasteiger partial charge in [-0.25, -0.2) is 9.97 Å². The average molecular weight is 307 g/mol. The smallest absolute Gasteiger partial charge is 0.136 e. The molecule has 1 aromatic carbocycles. The summed E-state index contributed by atoms with van der Waals surface area (Å²) in [6, 6.07) is 7.29. The maximum absolute atomic E-state index is 6.19. The molecule has 0 spiro atoms. The van der Waals surface area contributed by atoms with Crippen LogP contribution in [-0.2, 0) is 0 Å². The number of nitrogens with one attached hydrogen (secondary N) is 2. The van der Waals surface area contributed by atoms with Crippen molar-refractivity contribution in [3.8, 4) is 5.75 Å². The fraction of sp³-hybridized carbons (Fsp3) is 0.333. The van der Waals surface area contributed by atoms with Crippen molar-refractivity contribution in [3.05, 3.63) is 35.1 Å². The Bertz CT molecular complexity index is 619. The van der Waals surface area contributed by atoms with Crippen LogP contribution in [0.1, 0.15) is 19.2 Å². The van der Waals surface area contributed by atoms with Crippen LogP contribution in [0.15, 0.2) is 24.3 Å². The first-order chi connectivity index (χ1) is 10.1. The maximum atomic E-state index is 6.19. The molecule has 0 aliphatic rings. The van der Waals surface area contributed by atoms with Crippen LogP contribution in [0.2, 0.25) is 5.02 Å². The van der Waals surface area contributed by atoms with Crippen LogP contribution in [0.4, 0.5) is 17.3 Å². The van der Waals surface area contributed by atoms with Gasteiger partial charge in [0.15, 0.2) is 0 Å². The van der Waals surface area contributed by atoms with Crippen LogP contribution in [0.5, 0.6) is 5.75 Å². The number of aryl methyl sites for hydroxylation is 1. The first-order valence-corrected chi connectivity index (χ1v) is 7.20. The number of rotatable bonds is 6. The first-order valence-electron chi connectivity index (χ1n) is 6.82. The summed E-state index contributed by atoms with van der Waals surface area (Å²) in [5.74, 6) is 2.91. The van der Waals surface area contributed by atoms with Gasteiger partial charge in [0, 0.05) is 18.7 Å². The van der Waals surface area contributed by atoms with Crippen LogP contribution >= 0.6 is 11.6 Å². The largest absolute Gasteiger partial charge is 0.497 e. The van der Waals surface area contributed by atoms with Crippen molar-refractivity contribution in [3.63, 3.8) is 0 Å². The van der Waals surface area contributed by atoms with Crippen LogP contribution in [0, 0.1) is 6.92 Å². The molecule has 21 heavy (non-hydrogen) atoms. The summed E-state index contributed by atoms with van der Waals surface area (Å²) in [5, 5.41) is 7.06. The van der Waals surface area contributed by atoms with E-state index in [1.165, 1.54) is 0 Å². The molecule has 0 bridgehead atoms. The van der Waals surface area contributed by atoms with Gasteiger partial charge in [-0.2, -0.15) is 0 Å². The third-order valence-corrected chi connectivity index (χ3v) is 3.16. The molecule has 0 unspecified atom stereocenters. The van der Waals surface area contributed by atoms with Gasteiger partial charge in [0.1, 0.15) is 23.2 Å². The Morgan fingerprint density at radius 2 is 1.95 bits per heavy atom. The van der Waals surface area contributed by atoms with E-state index in [1.54, 1.807) is 13.2 Å². The van der Waals surface area contributed by atoms with Gasteiger partial charge in [0.05, 0.1) is 17.8 Å². The highest BCUT2D eigenvalue weighted by atomic mass is 35.5. The van der Waals surface area contributed by atoms with Gasteiger partial charge < -0.3 is 15.4 Å². The van der Waals surface area contributed by atoms with E-state index in [4.69, 9.17) is 16.3 Å². The zero-order valence-electron chi connectivity index (χ0n) is 12.4. The van der Waals surface area contributed by atoms with Gasteiger partial charge in [-0.15, -0.1) is 0 Å². The lowest BCUT2D eigenvalue weighted by Gasteiger charge is -2.11. The van der Waals surface area contributed by atoms with E-state index < -0.39 is 0 Å². The average Bonchev–Trinajstić information content (AvgIpc) is 2.47. The molecule has 2 aromatic rings. The van der Waals surface area contributed by atoms with Crippen molar-refractivity contribution in [1.29, 1.82) is 0 Å². The summed E-state index contributed by atoms with van der Waals surface area (Å²) in [6.45, 7) is 4.83. The normalized spacial score (nSPS) is 10.3. The second-order valence-corrected chi connectivity index (χ2v) is 4.99. The number of hydrogen-bond donors (Lipinski definition) is 2. The molecular weight excluding hydrogens is 288 g/mol. The number of hydrogen-bond acceptors (Lipinski definition) is 5. The van der Waals surface area contributed by atoms with Crippen LogP contribution in [0.25, 0.3) is 0 Å². The summed E-state index contributed by atoms with van der Waals surface area (Å²) < 4.78 is 5.20. The highest BCUT2D eigenvalue weighted by Crippen LogP contribution is 2.29. The monoisotopic (exact) mass is 306 g/mol. The van der Waals surface area contributed by atoms with E-state index in [-0.39, 0.29) is 0 Å². The molecule has 2 N–H and O–H groups in total. The lowest BCUT2D eigenvalue weighted by molar-refractivity contribution is 0.415. The fourth-order valence-corrected chi connectivity index (χ4v) is 2.01. The number of ether oxygens (including phenoxy) is 1. The van der Waals surface area contributed by atoms with Crippen LogP contribution in [0.3, 0.4) is 0 Å². The van der Waals surface area contributed by atoms with E-state index in [0.29, 0.717) is 16.7 Å². The second kappa shape index (κ2) is 7.13. The molecule has 2 rings (SSSR count). The molecule has 1 heterocycles. The quantitative estimate of drug-likeness (QED) is 0.844. The minimum absolute atomic E-state index is 0.607. The molecule has 0 aliphatic carbocycles. The molecule has 0 radical (unpaired) electrons. The second-order valence-electron chi connectivity index (χ2n) is 4.58. The zero-order chi connectivity index (χ0) is 15.2. The first kappa shape index (κ1) is 15.4. The maximum Gasteiger partial charge on any atom is 0.136 e. The SMILES string of the molecule is CCCNc1cc(Nc2cc(OC)ccc2Cl)nc(C)n1. The molecule has 0 amide bonds. The molecule has 0 atom stereocenters. The van der Waals surface area contributed by atoms with E-state index in [0.717, 1.165) is 30.2 Å². The molecule has 1 aromatic heterocycles. The van der Waals surface area contributed by atoms with Crippen molar-refractivity contribution in [2.24, 2.45) is 0 Å². The third-order valence-electron chi connectivity index (χ3n) is 2.83. The van der Waals surface area contributed by atoms with Crippen molar-refractivity contribution in [2.75, 3.05) is 24.3 Å². The standard InChI is InChI=1S/C15H19ClN4O/c1-4-7-17-14-9-15(19-10(2)18-14)20-13-8-11(21-3)5-6-12(13)16/h5-6,8-9H,4,7H2,1-3H3,(H2,17,18,19,20). The number of anilines is 3. The van der Waals surface area contributed by atoms with Crippen molar-refractivity contribution in [1.82, 2.24) is 9.97 Å². The summed E-state index contributed by atoms with van der Waals surface area (Å²) in [4.78, 5) is 8.72. The van der Waals surface area contributed by atoms with E-state index in [9.17, 15) is 0 Å². The zero-order valence-corrected chi connectivity index (χ0v) is 13.2. The Hall–Kier alpha value is -2.01. The molecule has 0 saturated carbocycles. The minimum Gasteiger partial charge on any atom is -0.497 e. The molecule has 0 aliphatic heterocycles. The van der Waals surface area contributed by atoms with E-state index >= 15 is 0 Å². The van der Waals surface area contributed by atoms with Gasteiger partial charge >= 0.3 is 0 Å². The summed E-state index contributed by atoms with van der Waals surface area (Å²) in [7, 11) is 1.62. The number of nitrogens with zero attached hydrogens (tertiary/aromatic N) is 2. The number of aromatic nitrogens is 2. The summed E-state index contributed by atoms with van der Waals surface area (Å²) in [5.41, 5.74) is 0.746. The molecule has 5 nitrogen and oxygen atoms in total. The highest BCUT2D eigenvalue weighted by Gasteiger charge is 2.06. The summed E-state index contributed by atoms with van der Waals surface area (Å²) >= 11 is 6.19. The Balaban J connectivity index is 2.24. The Morgan fingerprint density at radius 3 is 2.67 bits per heavy atom. The van der Waals surface area contributed by atoms with Crippen molar-refractivity contribution in [2.45, 2.75) is 20.3 Å². The van der Waals surface area contributed by atoms with Crippen molar-refractivity contribution >= 4 is 28.9 Å². The molecular formula is C15H19ClN4O. The lowest BCUT2D eigenvalue weighted by Crippen LogP contribution is -2.05. The Labute approximate surface area is 129 Å². The number of benzene rings is 1. The fourth-order valence-electron chi connectivity index (χ4n) is 1.84. The van der Waals surface area contributed by atoms with Gasteiger partial charge in [-0.05, 0) is 25.5 Å². The van der Waals surface area contributed by atoms with Gasteiger partial charge in [0.25, 0.3) is 0 Å². The minimum atomic E-state index is 0.607. The van der Waals surface area contributed by atoms with Crippen LogP contribution in [-0.4, -0.2) is 23.6 Å². The highest BCUT2D eigenvalue weighted by molar-refractivity contribution is 6.33. The predicted octanol–water partition coefficient (Wildman–Crippen LogP) is 4.01. The Morgan fingerprint density at radius 1 is 1.19 bits per heavy atom. The van der Waals surface area contributed by atoms with Crippen molar-refractivity contribution < 1.29 is 4.74 Å². The molecule has 0 saturated heterocycles. The number of halogens is 1. The third kappa shape index (κ3) is 4.23. The predicted molar refractivity (Wildman–Crippen MR) is 86.8 cm³/mol. The van der Waals surface area contributed by atoms with Crippen LogP contribution < -0.4 is 15.4 Å².